The highest BCUT2D eigenvalue weighted by Gasteiger charge is 2.04. The summed E-state index contributed by atoms with van der Waals surface area (Å²) in [5.74, 6) is 6.02. The lowest BCUT2D eigenvalue weighted by atomic mass is 9.97. The number of aromatic nitrogens is 1. The van der Waals surface area contributed by atoms with Gasteiger partial charge in [-0.05, 0) is 26.8 Å². The number of hydrogen-bond donors (Lipinski definition) is 0. The van der Waals surface area contributed by atoms with Crippen molar-refractivity contribution >= 4 is 6.29 Å². The van der Waals surface area contributed by atoms with E-state index in [1.54, 1.807) is 18.5 Å². The molecule has 0 spiro atoms. The molecule has 0 aliphatic rings. The summed E-state index contributed by atoms with van der Waals surface area (Å²) in [6, 6.07) is 1.67. The number of pyridine rings is 1. The summed E-state index contributed by atoms with van der Waals surface area (Å²) in [7, 11) is 0. The molecule has 2 heteroatoms. The molecule has 0 saturated carbocycles. The zero-order valence-electron chi connectivity index (χ0n) is 8.66. The third-order valence-corrected chi connectivity index (χ3v) is 1.55. The summed E-state index contributed by atoms with van der Waals surface area (Å²) in [6.45, 7) is 6.07. The van der Waals surface area contributed by atoms with Gasteiger partial charge in [0.2, 0.25) is 0 Å². The molecule has 0 N–H and O–H groups in total. The molecule has 0 saturated heterocycles. The van der Waals surface area contributed by atoms with E-state index in [2.05, 4.69) is 16.8 Å². The van der Waals surface area contributed by atoms with Gasteiger partial charge in [-0.2, -0.15) is 0 Å². The van der Waals surface area contributed by atoms with Crippen molar-refractivity contribution in [3.8, 4) is 11.8 Å². The third kappa shape index (κ3) is 3.02. The molecule has 0 fully saturated rings. The molecule has 1 rings (SSSR count). The Morgan fingerprint density at radius 3 is 2.71 bits per heavy atom. The topological polar surface area (TPSA) is 30.0 Å². The Labute approximate surface area is 84.4 Å². The molecule has 0 aliphatic carbocycles. The van der Waals surface area contributed by atoms with Gasteiger partial charge in [0.15, 0.2) is 6.29 Å². The molecule has 0 amide bonds. The molecule has 14 heavy (non-hydrogen) atoms. The predicted molar refractivity (Wildman–Crippen MR) is 56.0 cm³/mol. The van der Waals surface area contributed by atoms with Crippen molar-refractivity contribution in [2.75, 3.05) is 0 Å². The van der Waals surface area contributed by atoms with Crippen molar-refractivity contribution in [3.05, 3.63) is 29.6 Å². The van der Waals surface area contributed by atoms with Crippen LogP contribution in [0.4, 0.5) is 0 Å². The molecule has 1 aromatic heterocycles. The standard InChI is InChI=1S/C12H13NO/c1-12(2,3)6-4-10-8-13-7-5-11(10)9-14/h5,7-9H,1-3H3. The zero-order valence-corrected chi connectivity index (χ0v) is 8.66. The number of hydrogen-bond acceptors (Lipinski definition) is 2. The van der Waals surface area contributed by atoms with Gasteiger partial charge in [0, 0.05) is 23.4 Å². The average Bonchev–Trinajstić information content (AvgIpc) is 2.14. The van der Waals surface area contributed by atoms with Gasteiger partial charge < -0.3 is 0 Å². The van der Waals surface area contributed by atoms with E-state index in [-0.39, 0.29) is 5.41 Å². The lowest BCUT2D eigenvalue weighted by Gasteiger charge is -2.06. The van der Waals surface area contributed by atoms with Crippen molar-refractivity contribution in [2.45, 2.75) is 20.8 Å². The number of aldehydes is 1. The molecule has 72 valence electrons. The van der Waals surface area contributed by atoms with Gasteiger partial charge >= 0.3 is 0 Å². The summed E-state index contributed by atoms with van der Waals surface area (Å²) in [4.78, 5) is 14.6. The van der Waals surface area contributed by atoms with Crippen molar-refractivity contribution in [2.24, 2.45) is 5.41 Å². The first-order chi connectivity index (χ1) is 6.53. The van der Waals surface area contributed by atoms with E-state index in [0.29, 0.717) is 11.1 Å². The van der Waals surface area contributed by atoms with E-state index in [4.69, 9.17) is 0 Å². The van der Waals surface area contributed by atoms with Crippen LogP contribution in [0.2, 0.25) is 0 Å². The predicted octanol–water partition coefficient (Wildman–Crippen LogP) is 2.29. The minimum atomic E-state index is -0.0595. The summed E-state index contributed by atoms with van der Waals surface area (Å²) < 4.78 is 0. The Bertz CT molecular complexity index is 391. The fourth-order valence-electron chi connectivity index (χ4n) is 0.867. The van der Waals surface area contributed by atoms with Crippen molar-refractivity contribution in [3.63, 3.8) is 0 Å². The van der Waals surface area contributed by atoms with Gasteiger partial charge in [-0.1, -0.05) is 11.8 Å². The Morgan fingerprint density at radius 1 is 1.43 bits per heavy atom. The van der Waals surface area contributed by atoms with Crippen molar-refractivity contribution < 1.29 is 4.79 Å². The minimum Gasteiger partial charge on any atom is -0.298 e. The maximum absolute atomic E-state index is 10.7. The van der Waals surface area contributed by atoms with Gasteiger partial charge in [-0.15, -0.1) is 0 Å². The molecule has 0 aliphatic heterocycles. The van der Waals surface area contributed by atoms with E-state index >= 15 is 0 Å². The van der Waals surface area contributed by atoms with E-state index in [1.807, 2.05) is 20.8 Å². The largest absolute Gasteiger partial charge is 0.298 e. The van der Waals surface area contributed by atoms with E-state index in [9.17, 15) is 4.79 Å². The van der Waals surface area contributed by atoms with Crippen LogP contribution in [0.15, 0.2) is 18.5 Å². The fourth-order valence-corrected chi connectivity index (χ4v) is 0.867. The highest BCUT2D eigenvalue weighted by atomic mass is 16.1. The summed E-state index contributed by atoms with van der Waals surface area (Å²) in [5.41, 5.74) is 1.23. The monoisotopic (exact) mass is 187 g/mol. The highest BCUT2D eigenvalue weighted by Crippen LogP contribution is 2.11. The van der Waals surface area contributed by atoms with Crippen LogP contribution in [0, 0.1) is 17.3 Å². The SMILES string of the molecule is CC(C)(C)C#Cc1cnccc1C=O. The molecular weight excluding hydrogens is 174 g/mol. The summed E-state index contributed by atoms with van der Waals surface area (Å²) in [5, 5.41) is 0. The maximum Gasteiger partial charge on any atom is 0.151 e. The molecule has 0 atom stereocenters. The molecule has 2 nitrogen and oxygen atoms in total. The normalized spacial score (nSPS) is 10.2. The van der Waals surface area contributed by atoms with E-state index in [0.717, 1.165) is 6.29 Å². The minimum absolute atomic E-state index is 0.0595. The Balaban J connectivity index is 3.06. The van der Waals surface area contributed by atoms with E-state index < -0.39 is 0 Å². The molecule has 0 aromatic carbocycles. The molecule has 0 radical (unpaired) electrons. The second kappa shape index (κ2) is 4.06. The smallest absolute Gasteiger partial charge is 0.151 e. The number of carbonyl (C=O) groups excluding carboxylic acids is 1. The molecule has 1 aromatic rings. The lowest BCUT2D eigenvalue weighted by Crippen LogP contribution is -2.00. The fraction of sp³-hybridized carbons (Fsp3) is 0.333. The number of rotatable bonds is 1. The van der Waals surface area contributed by atoms with Crippen LogP contribution in [-0.4, -0.2) is 11.3 Å². The van der Waals surface area contributed by atoms with Gasteiger partial charge in [0.25, 0.3) is 0 Å². The number of nitrogens with zero attached hydrogens (tertiary/aromatic N) is 1. The lowest BCUT2D eigenvalue weighted by molar-refractivity contribution is 0.112. The van der Waals surface area contributed by atoms with Gasteiger partial charge in [-0.25, -0.2) is 0 Å². The summed E-state index contributed by atoms with van der Waals surface area (Å²) >= 11 is 0. The quantitative estimate of drug-likeness (QED) is 0.498. The first kappa shape index (κ1) is 10.5. The Kier molecular flexibility index (Phi) is 3.03. The first-order valence-electron chi connectivity index (χ1n) is 4.45. The van der Waals surface area contributed by atoms with Gasteiger partial charge in [0.05, 0.1) is 5.56 Å². The van der Waals surface area contributed by atoms with Crippen LogP contribution >= 0.6 is 0 Å². The number of carbonyl (C=O) groups is 1. The van der Waals surface area contributed by atoms with E-state index in [1.165, 1.54) is 0 Å². The highest BCUT2D eigenvalue weighted by molar-refractivity contribution is 5.78. The average molecular weight is 187 g/mol. The van der Waals surface area contributed by atoms with Crippen molar-refractivity contribution in [1.82, 2.24) is 4.98 Å². The second-order valence-electron chi connectivity index (χ2n) is 4.08. The third-order valence-electron chi connectivity index (χ3n) is 1.55. The molecule has 0 bridgehead atoms. The van der Waals surface area contributed by atoms with Crippen molar-refractivity contribution in [1.29, 1.82) is 0 Å². The van der Waals surface area contributed by atoms with Crippen LogP contribution in [0.5, 0.6) is 0 Å². The van der Waals surface area contributed by atoms with Crippen LogP contribution in [-0.2, 0) is 0 Å². The van der Waals surface area contributed by atoms with Crippen LogP contribution < -0.4 is 0 Å². The molecule has 0 unspecified atom stereocenters. The summed E-state index contributed by atoms with van der Waals surface area (Å²) in [6.07, 6.45) is 4.00. The molecular formula is C12H13NO. The first-order valence-corrected chi connectivity index (χ1v) is 4.45. The zero-order chi connectivity index (χ0) is 10.6. The van der Waals surface area contributed by atoms with Crippen LogP contribution in [0.1, 0.15) is 36.7 Å². The van der Waals surface area contributed by atoms with Crippen LogP contribution in [0.25, 0.3) is 0 Å². The van der Waals surface area contributed by atoms with Gasteiger partial charge in [0.1, 0.15) is 0 Å². The Morgan fingerprint density at radius 2 is 2.14 bits per heavy atom. The maximum atomic E-state index is 10.7. The van der Waals surface area contributed by atoms with Crippen LogP contribution in [0.3, 0.4) is 0 Å². The second-order valence-corrected chi connectivity index (χ2v) is 4.08. The molecule has 1 heterocycles. The Hall–Kier alpha value is -1.62. The van der Waals surface area contributed by atoms with Gasteiger partial charge in [-0.3, -0.25) is 9.78 Å².